The van der Waals surface area contributed by atoms with Crippen LogP contribution >= 0.6 is 11.3 Å². The number of benzene rings is 3. The van der Waals surface area contributed by atoms with Crippen LogP contribution < -0.4 is 24.2 Å². The molecule has 0 atom stereocenters. The highest BCUT2D eigenvalue weighted by molar-refractivity contribution is 7.92. The molecule has 0 aliphatic heterocycles. The van der Waals surface area contributed by atoms with Gasteiger partial charge in [0.15, 0.2) is 16.6 Å². The Hall–Kier alpha value is -3.83. The number of hydrogen-bond acceptors (Lipinski definition) is 8. The van der Waals surface area contributed by atoms with Crippen LogP contribution in [0.5, 0.6) is 17.2 Å². The minimum atomic E-state index is -3.78. The van der Waals surface area contributed by atoms with Crippen molar-refractivity contribution in [1.29, 1.82) is 0 Å². The predicted octanol–water partition coefficient (Wildman–Crippen LogP) is 4.38. The Morgan fingerprint density at radius 1 is 0.882 bits per heavy atom. The van der Waals surface area contributed by atoms with Crippen LogP contribution in [-0.4, -0.2) is 40.6 Å². The van der Waals surface area contributed by atoms with Crippen molar-refractivity contribution in [3.63, 3.8) is 0 Å². The first-order valence-corrected chi connectivity index (χ1v) is 12.2. The Bertz CT molecular complexity index is 1390. The van der Waals surface area contributed by atoms with Crippen LogP contribution in [0.1, 0.15) is 10.4 Å². The summed E-state index contributed by atoms with van der Waals surface area (Å²) in [7, 11) is 0.814. The van der Waals surface area contributed by atoms with Gasteiger partial charge in [0.25, 0.3) is 15.9 Å². The van der Waals surface area contributed by atoms with E-state index >= 15 is 0 Å². The third-order valence-corrected chi connectivity index (χ3v) is 7.21. The molecule has 1 aromatic heterocycles. The summed E-state index contributed by atoms with van der Waals surface area (Å²) >= 11 is 1.30. The number of anilines is 2. The average Bonchev–Trinajstić information content (AvgIpc) is 3.24. The van der Waals surface area contributed by atoms with Gasteiger partial charge < -0.3 is 14.2 Å². The summed E-state index contributed by atoms with van der Waals surface area (Å²) in [6, 6.07) is 15.7. The minimum absolute atomic E-state index is 0.0965. The van der Waals surface area contributed by atoms with Gasteiger partial charge in [0.2, 0.25) is 0 Å². The van der Waals surface area contributed by atoms with Crippen LogP contribution in [0, 0.1) is 0 Å². The van der Waals surface area contributed by atoms with Crippen LogP contribution in [0.15, 0.2) is 65.6 Å². The van der Waals surface area contributed by atoms with Gasteiger partial charge in [-0.3, -0.25) is 14.8 Å². The first-order valence-electron chi connectivity index (χ1n) is 9.94. The van der Waals surface area contributed by atoms with Gasteiger partial charge in [-0.05, 0) is 48.5 Å². The lowest BCUT2D eigenvalue weighted by Crippen LogP contribution is -2.14. The van der Waals surface area contributed by atoms with Gasteiger partial charge in [-0.25, -0.2) is 13.4 Å². The molecule has 1 amide bonds. The summed E-state index contributed by atoms with van der Waals surface area (Å²) in [5.74, 6) is 1.30. The first-order chi connectivity index (χ1) is 16.3. The summed E-state index contributed by atoms with van der Waals surface area (Å²) in [5, 5.41) is 3.18. The number of ether oxygens (including phenoxy) is 3. The maximum atomic E-state index is 12.7. The predicted molar refractivity (Wildman–Crippen MR) is 131 cm³/mol. The lowest BCUT2D eigenvalue weighted by Gasteiger charge is -2.09. The van der Waals surface area contributed by atoms with Gasteiger partial charge in [0.05, 0.1) is 36.4 Å². The number of fused-ring (bicyclic) bond motifs is 1. The summed E-state index contributed by atoms with van der Waals surface area (Å²) in [4.78, 5) is 17.2. The molecule has 0 saturated heterocycles. The fourth-order valence-corrected chi connectivity index (χ4v) is 5.07. The molecule has 34 heavy (non-hydrogen) atoms. The molecule has 0 aliphatic rings. The maximum Gasteiger partial charge on any atom is 0.261 e. The van der Waals surface area contributed by atoms with Crippen LogP contribution in [0.25, 0.3) is 10.2 Å². The molecule has 4 rings (SSSR count). The highest BCUT2D eigenvalue weighted by atomic mass is 32.2. The van der Waals surface area contributed by atoms with E-state index in [2.05, 4.69) is 15.0 Å². The molecule has 3 aromatic carbocycles. The molecule has 0 bridgehead atoms. The number of rotatable bonds is 8. The van der Waals surface area contributed by atoms with Crippen molar-refractivity contribution >= 4 is 48.3 Å². The van der Waals surface area contributed by atoms with E-state index in [1.54, 1.807) is 38.5 Å². The molecule has 0 radical (unpaired) electrons. The number of methoxy groups -OCH3 is 3. The lowest BCUT2D eigenvalue weighted by molar-refractivity contribution is 0.102. The zero-order valence-corrected chi connectivity index (χ0v) is 20.1. The third-order valence-electron chi connectivity index (χ3n) is 4.88. The van der Waals surface area contributed by atoms with Crippen molar-refractivity contribution in [1.82, 2.24) is 4.98 Å². The summed E-state index contributed by atoms with van der Waals surface area (Å²) in [5.41, 5.74) is 1.34. The van der Waals surface area contributed by atoms with E-state index in [9.17, 15) is 13.2 Å². The van der Waals surface area contributed by atoms with Crippen molar-refractivity contribution in [2.24, 2.45) is 0 Å². The molecule has 11 heteroatoms. The fraction of sp³-hybridized carbons (Fsp3) is 0.130. The van der Waals surface area contributed by atoms with E-state index in [1.165, 1.54) is 54.8 Å². The molecular formula is C23H21N3O6S2. The lowest BCUT2D eigenvalue weighted by atomic mass is 10.2. The number of nitrogens with zero attached hydrogens (tertiary/aromatic N) is 1. The Morgan fingerprint density at radius 3 is 2.15 bits per heavy atom. The Labute approximate surface area is 200 Å². The van der Waals surface area contributed by atoms with Crippen molar-refractivity contribution in [2.45, 2.75) is 4.90 Å². The highest BCUT2D eigenvalue weighted by Gasteiger charge is 2.16. The quantitative estimate of drug-likeness (QED) is 0.370. The van der Waals surface area contributed by atoms with Gasteiger partial charge in [-0.2, -0.15) is 0 Å². The Balaban J connectivity index is 1.46. The zero-order chi connectivity index (χ0) is 24.3. The van der Waals surface area contributed by atoms with Gasteiger partial charge in [0, 0.05) is 23.4 Å². The molecule has 1 heterocycles. The van der Waals surface area contributed by atoms with E-state index in [-0.39, 0.29) is 10.8 Å². The number of amides is 1. The van der Waals surface area contributed by atoms with E-state index in [0.29, 0.717) is 39.1 Å². The molecule has 0 spiro atoms. The number of thiazole rings is 1. The topological polar surface area (TPSA) is 116 Å². The summed E-state index contributed by atoms with van der Waals surface area (Å²) in [6.45, 7) is 0. The monoisotopic (exact) mass is 499 g/mol. The molecule has 0 unspecified atom stereocenters. The van der Waals surface area contributed by atoms with Crippen LogP contribution in [-0.2, 0) is 10.0 Å². The van der Waals surface area contributed by atoms with Crippen molar-refractivity contribution in [2.75, 3.05) is 31.4 Å². The zero-order valence-electron chi connectivity index (χ0n) is 18.5. The van der Waals surface area contributed by atoms with Crippen LogP contribution in [0.2, 0.25) is 0 Å². The third kappa shape index (κ3) is 4.90. The number of carbonyl (C=O) groups excluding carboxylic acids is 1. The van der Waals surface area contributed by atoms with Crippen molar-refractivity contribution in [3.05, 3.63) is 66.2 Å². The summed E-state index contributed by atoms with van der Waals surface area (Å²) < 4.78 is 44.1. The second-order valence-electron chi connectivity index (χ2n) is 7.01. The molecular weight excluding hydrogens is 478 g/mol. The Kier molecular flexibility index (Phi) is 6.57. The van der Waals surface area contributed by atoms with Gasteiger partial charge in [-0.1, -0.05) is 11.3 Å². The maximum absolute atomic E-state index is 12.7. The van der Waals surface area contributed by atoms with Gasteiger partial charge >= 0.3 is 0 Å². The van der Waals surface area contributed by atoms with E-state index in [0.717, 1.165) is 4.70 Å². The van der Waals surface area contributed by atoms with E-state index in [1.807, 2.05) is 0 Å². The molecule has 0 aliphatic carbocycles. The van der Waals surface area contributed by atoms with Crippen molar-refractivity contribution in [3.8, 4) is 17.2 Å². The molecule has 4 aromatic rings. The summed E-state index contributed by atoms with van der Waals surface area (Å²) in [6.07, 6.45) is 0. The number of nitrogens with one attached hydrogen (secondary N) is 2. The number of carbonyl (C=O) groups is 1. The largest absolute Gasteiger partial charge is 0.497 e. The normalized spacial score (nSPS) is 11.1. The molecule has 2 N–H and O–H groups in total. The minimum Gasteiger partial charge on any atom is -0.497 e. The molecule has 0 fully saturated rings. The van der Waals surface area contributed by atoms with Crippen LogP contribution in [0.4, 0.5) is 10.8 Å². The number of sulfonamides is 1. The number of hydrogen-bond donors (Lipinski definition) is 2. The first kappa shape index (κ1) is 23.3. The van der Waals surface area contributed by atoms with Gasteiger partial charge in [-0.15, -0.1) is 0 Å². The highest BCUT2D eigenvalue weighted by Crippen LogP contribution is 2.36. The van der Waals surface area contributed by atoms with Crippen LogP contribution in [0.3, 0.4) is 0 Å². The molecule has 9 nitrogen and oxygen atoms in total. The molecule has 0 saturated carbocycles. The average molecular weight is 500 g/mol. The smallest absolute Gasteiger partial charge is 0.261 e. The second kappa shape index (κ2) is 9.57. The van der Waals surface area contributed by atoms with Crippen molar-refractivity contribution < 1.29 is 27.4 Å². The SMILES string of the molecule is COc1ccc(S(=O)(=O)Nc2ccc(C(=O)Nc3nc4cc(OC)c(OC)cc4s3)cc2)cc1. The molecule has 176 valence electrons. The van der Waals surface area contributed by atoms with E-state index in [4.69, 9.17) is 14.2 Å². The fourth-order valence-electron chi connectivity index (χ4n) is 3.14. The van der Waals surface area contributed by atoms with Gasteiger partial charge in [0.1, 0.15) is 5.75 Å². The Morgan fingerprint density at radius 2 is 1.53 bits per heavy atom. The standard InChI is InChI=1S/C23H21N3O6S2/c1-30-16-8-10-17(11-9-16)34(28,29)26-15-6-4-14(5-7-15)22(27)25-23-24-18-12-19(31-2)20(32-3)13-21(18)33-23/h4-13,26H,1-3H3,(H,24,25,27). The number of aromatic nitrogens is 1. The second-order valence-corrected chi connectivity index (χ2v) is 9.72. The van der Waals surface area contributed by atoms with E-state index < -0.39 is 10.0 Å².